The number of H-pyrrole nitrogens is 1. The van der Waals surface area contributed by atoms with E-state index < -0.39 is 0 Å². The third kappa shape index (κ3) is 7.84. The molecule has 4 rings (SSSR count). The van der Waals surface area contributed by atoms with Gasteiger partial charge in [0.15, 0.2) is 5.82 Å². The number of aliphatic imine (C=N–C) groups is 1. The van der Waals surface area contributed by atoms with E-state index in [9.17, 15) is 0 Å². The Balaban J connectivity index is 0.000000583. The Kier molecular flexibility index (Phi) is 12.0. The molecule has 0 unspecified atom stereocenters. The van der Waals surface area contributed by atoms with Gasteiger partial charge in [-0.1, -0.05) is 85.2 Å². The van der Waals surface area contributed by atoms with Crippen molar-refractivity contribution >= 4 is 28.1 Å². The summed E-state index contributed by atoms with van der Waals surface area (Å²) in [4.78, 5) is 4.87. The van der Waals surface area contributed by atoms with Crippen molar-refractivity contribution in [3.8, 4) is 0 Å². The van der Waals surface area contributed by atoms with Crippen molar-refractivity contribution in [3.05, 3.63) is 77.1 Å². The van der Waals surface area contributed by atoms with Crippen LogP contribution in [0.25, 0.3) is 16.6 Å². The van der Waals surface area contributed by atoms with Gasteiger partial charge in [-0.05, 0) is 55.5 Å². The molecule has 2 heterocycles. The van der Waals surface area contributed by atoms with Crippen LogP contribution in [0, 0.1) is 12.8 Å². The molecule has 1 aromatic heterocycles. The molecular formula is C31H45N5. The number of hydrogen-bond acceptors (Lipinski definition) is 4. The number of fused-ring (bicyclic) bond motifs is 1. The van der Waals surface area contributed by atoms with Crippen LogP contribution < -0.4 is 10.6 Å². The van der Waals surface area contributed by atoms with E-state index in [2.05, 4.69) is 117 Å². The topological polar surface area (TPSA) is 65.1 Å². The number of aryl methyl sites for hydroxylation is 1. The molecule has 0 saturated heterocycles. The lowest BCUT2D eigenvalue weighted by molar-refractivity contribution is 0.626. The smallest absolute Gasteiger partial charge is 0.155 e. The van der Waals surface area contributed by atoms with Gasteiger partial charge in [-0.3, -0.25) is 5.10 Å². The minimum atomic E-state index is 0.884. The van der Waals surface area contributed by atoms with Crippen LogP contribution in [-0.2, 0) is 0 Å². The maximum Gasteiger partial charge on any atom is 0.155 e. The van der Waals surface area contributed by atoms with Crippen LogP contribution in [0.1, 0.15) is 84.4 Å². The maximum atomic E-state index is 4.87. The van der Waals surface area contributed by atoms with Crippen molar-refractivity contribution in [2.24, 2.45) is 10.9 Å². The molecule has 0 radical (unpaired) electrons. The molecule has 0 amide bonds. The van der Waals surface area contributed by atoms with Crippen molar-refractivity contribution in [1.82, 2.24) is 15.5 Å². The summed E-state index contributed by atoms with van der Waals surface area (Å²) in [5.41, 5.74) is 6.55. The van der Waals surface area contributed by atoms with Gasteiger partial charge in [-0.25, -0.2) is 4.99 Å². The molecular weight excluding hydrogens is 442 g/mol. The quantitative estimate of drug-likeness (QED) is 0.313. The van der Waals surface area contributed by atoms with Crippen LogP contribution >= 0.6 is 0 Å². The average Bonchev–Trinajstić information content (AvgIpc) is 3.31. The van der Waals surface area contributed by atoms with E-state index in [0.717, 1.165) is 64.8 Å². The lowest BCUT2D eigenvalue weighted by Gasteiger charge is -2.20. The summed E-state index contributed by atoms with van der Waals surface area (Å²) in [5.74, 6) is 2.67. The minimum Gasteiger partial charge on any atom is -0.368 e. The summed E-state index contributed by atoms with van der Waals surface area (Å²) in [6.07, 6.45) is 7.54. The molecule has 3 N–H and O–H groups in total. The molecule has 0 atom stereocenters. The van der Waals surface area contributed by atoms with Gasteiger partial charge in [-0.2, -0.15) is 5.10 Å². The van der Waals surface area contributed by atoms with Crippen LogP contribution in [-0.4, -0.2) is 22.5 Å². The van der Waals surface area contributed by atoms with Gasteiger partial charge in [0.25, 0.3) is 0 Å². The van der Waals surface area contributed by atoms with Crippen LogP contribution in [0.4, 0.5) is 5.82 Å². The second-order valence-corrected chi connectivity index (χ2v) is 9.05. The summed E-state index contributed by atoms with van der Waals surface area (Å²) < 4.78 is 0. The number of aromatic nitrogens is 2. The van der Waals surface area contributed by atoms with Gasteiger partial charge in [0, 0.05) is 28.8 Å². The second-order valence-electron chi connectivity index (χ2n) is 9.05. The fourth-order valence-electron chi connectivity index (χ4n) is 3.51. The molecule has 194 valence electrons. The maximum absolute atomic E-state index is 4.87. The molecule has 0 saturated carbocycles. The number of nitrogens with one attached hydrogen (secondary N) is 3. The van der Waals surface area contributed by atoms with E-state index in [1.807, 2.05) is 13.8 Å². The fourth-order valence-corrected chi connectivity index (χ4v) is 3.51. The Morgan fingerprint density at radius 3 is 2.39 bits per heavy atom. The normalized spacial score (nSPS) is 13.8. The molecule has 0 bridgehead atoms. The monoisotopic (exact) mass is 487 g/mol. The zero-order valence-electron chi connectivity index (χ0n) is 23.5. The van der Waals surface area contributed by atoms with Crippen LogP contribution in [0.2, 0.25) is 0 Å². The number of allylic oxidation sites excluding steroid dienone is 2. The highest BCUT2D eigenvalue weighted by Crippen LogP contribution is 2.26. The molecule has 5 heteroatoms. The number of nitrogens with zero attached hydrogens (tertiary/aromatic N) is 2. The van der Waals surface area contributed by atoms with Crippen LogP contribution in [0.5, 0.6) is 0 Å². The molecule has 0 fully saturated rings. The predicted octanol–water partition coefficient (Wildman–Crippen LogP) is 8.46. The van der Waals surface area contributed by atoms with Crippen molar-refractivity contribution in [2.45, 2.75) is 74.7 Å². The summed E-state index contributed by atoms with van der Waals surface area (Å²) in [5, 5.41) is 15.5. The average molecular weight is 488 g/mol. The Morgan fingerprint density at radius 2 is 1.75 bits per heavy atom. The number of rotatable bonds is 7. The first-order chi connectivity index (χ1) is 17.5. The van der Waals surface area contributed by atoms with E-state index >= 15 is 0 Å². The summed E-state index contributed by atoms with van der Waals surface area (Å²) in [6.45, 7) is 17.9. The standard InChI is InChI=1S/C24H27N5.C5H12.C2H6/c1-4-8-23-26-21(15-22(27-23)18-10-7-6-9-16(18)3)17-11-12-20-19(14-17)24(29-28-20)25-13-5-2;1-4-5(2)3;1-2/h6-12,14-15,27H,4-5,13H2,1-3H3,(H2,25,28,29);5H,4H2,1-3H3;1-2H3. The Bertz CT molecular complexity index is 1180. The van der Waals surface area contributed by atoms with E-state index in [0.29, 0.717) is 0 Å². The fraction of sp³-hybridized carbons (Fsp3) is 0.419. The van der Waals surface area contributed by atoms with Crippen molar-refractivity contribution < 1.29 is 0 Å². The van der Waals surface area contributed by atoms with Gasteiger partial charge in [0.2, 0.25) is 0 Å². The van der Waals surface area contributed by atoms with E-state index in [-0.39, 0.29) is 0 Å². The third-order valence-electron chi connectivity index (χ3n) is 5.83. The highest BCUT2D eigenvalue weighted by molar-refractivity contribution is 6.15. The molecule has 2 aromatic carbocycles. The third-order valence-corrected chi connectivity index (χ3v) is 5.83. The van der Waals surface area contributed by atoms with E-state index in [1.54, 1.807) is 0 Å². The molecule has 0 aliphatic carbocycles. The first-order valence-electron chi connectivity index (χ1n) is 13.5. The van der Waals surface area contributed by atoms with Crippen molar-refractivity contribution in [3.63, 3.8) is 0 Å². The Hall–Kier alpha value is -3.34. The highest BCUT2D eigenvalue weighted by atomic mass is 15.2. The summed E-state index contributed by atoms with van der Waals surface area (Å²) >= 11 is 0. The largest absolute Gasteiger partial charge is 0.368 e. The number of hydrogen-bond donors (Lipinski definition) is 3. The second kappa shape index (κ2) is 14.9. The minimum absolute atomic E-state index is 0.884. The van der Waals surface area contributed by atoms with Crippen LogP contribution in [0.3, 0.4) is 0 Å². The SMILES string of the molecule is CC.CCC(C)C.CCC=C1N=C(c2ccc3[nH]nc(NCCC)c3c2)C=C(c2ccccc2C)N1. The van der Waals surface area contributed by atoms with Gasteiger partial charge in [0.1, 0.15) is 5.82 Å². The summed E-state index contributed by atoms with van der Waals surface area (Å²) in [7, 11) is 0. The van der Waals surface area contributed by atoms with E-state index in [4.69, 9.17) is 4.99 Å². The number of aromatic amines is 1. The van der Waals surface area contributed by atoms with Gasteiger partial charge >= 0.3 is 0 Å². The van der Waals surface area contributed by atoms with Crippen molar-refractivity contribution in [2.75, 3.05) is 11.9 Å². The number of benzene rings is 2. The van der Waals surface area contributed by atoms with Gasteiger partial charge in [-0.15, -0.1) is 0 Å². The molecule has 1 aliphatic heterocycles. The van der Waals surface area contributed by atoms with Crippen LogP contribution in [0.15, 0.2) is 65.4 Å². The predicted molar refractivity (Wildman–Crippen MR) is 159 cm³/mol. The molecule has 1 aliphatic rings. The molecule has 3 aromatic rings. The molecule has 5 nitrogen and oxygen atoms in total. The highest BCUT2D eigenvalue weighted by Gasteiger charge is 2.16. The lowest BCUT2D eigenvalue weighted by atomic mass is 10.0. The zero-order chi connectivity index (χ0) is 26.5. The van der Waals surface area contributed by atoms with Crippen molar-refractivity contribution in [1.29, 1.82) is 0 Å². The summed E-state index contributed by atoms with van der Waals surface area (Å²) in [6, 6.07) is 14.8. The zero-order valence-corrected chi connectivity index (χ0v) is 23.5. The first-order valence-corrected chi connectivity index (χ1v) is 13.5. The van der Waals surface area contributed by atoms with Gasteiger partial charge < -0.3 is 10.6 Å². The molecule has 0 spiro atoms. The lowest BCUT2D eigenvalue weighted by Crippen LogP contribution is -2.19. The first kappa shape index (κ1) is 28.9. The Labute approximate surface area is 218 Å². The number of anilines is 1. The molecule has 36 heavy (non-hydrogen) atoms. The van der Waals surface area contributed by atoms with E-state index in [1.165, 1.54) is 17.5 Å². The van der Waals surface area contributed by atoms with Gasteiger partial charge in [0.05, 0.1) is 11.2 Å². The Morgan fingerprint density at radius 1 is 1.03 bits per heavy atom.